The second-order valence-electron chi connectivity index (χ2n) is 6.93. The summed E-state index contributed by atoms with van der Waals surface area (Å²) in [6, 6.07) is -0.995. The molecule has 7 heteroatoms. The Kier molecular flexibility index (Phi) is 16.4. The van der Waals surface area contributed by atoms with Crippen LogP contribution in [-0.4, -0.2) is 50.4 Å². The predicted molar refractivity (Wildman–Crippen MR) is 111 cm³/mol. The number of allylic oxidation sites excluding steroid dienone is 1. The first-order chi connectivity index (χ1) is 12.9. The highest BCUT2D eigenvalue weighted by atomic mass is 32.2. The number of aliphatic carboxylic acids is 2. The molecule has 0 rings (SSSR count). The average Bonchev–Trinajstić information content (AvgIpc) is 2.63. The van der Waals surface area contributed by atoms with E-state index >= 15 is 0 Å². The molecule has 0 heterocycles. The van der Waals surface area contributed by atoms with Crippen LogP contribution in [0.15, 0.2) is 12.2 Å². The number of unbranched alkanes of at least 4 members (excludes halogenated alkanes) is 8. The van der Waals surface area contributed by atoms with Gasteiger partial charge in [0.25, 0.3) is 0 Å². The molecule has 0 saturated carbocycles. The van der Waals surface area contributed by atoms with Crippen LogP contribution in [0, 0.1) is 0 Å². The van der Waals surface area contributed by atoms with Crippen LogP contribution in [-0.2, 0) is 9.59 Å². The molecule has 0 amide bonds. The quantitative estimate of drug-likeness (QED) is 0.203. The van der Waals surface area contributed by atoms with Crippen LogP contribution in [0.5, 0.6) is 0 Å². The minimum Gasteiger partial charge on any atom is -0.481 e. The Bertz CT molecular complexity index is 431. The smallest absolute Gasteiger partial charge is 0.321 e. The van der Waals surface area contributed by atoms with Crippen LogP contribution in [0.2, 0.25) is 0 Å². The lowest BCUT2D eigenvalue weighted by Gasteiger charge is -2.20. The summed E-state index contributed by atoms with van der Waals surface area (Å²) in [5.74, 6) is -1.86. The predicted octanol–water partition coefficient (Wildman–Crippen LogP) is 3.81. The van der Waals surface area contributed by atoms with E-state index in [1.54, 1.807) is 0 Å². The maximum absolute atomic E-state index is 10.8. The molecule has 0 aromatic rings. The summed E-state index contributed by atoms with van der Waals surface area (Å²) in [5.41, 5.74) is 5.52. The minimum atomic E-state index is -1.08. The first kappa shape index (κ1) is 26.0. The molecule has 0 bridgehead atoms. The van der Waals surface area contributed by atoms with Crippen molar-refractivity contribution in [3.05, 3.63) is 12.2 Å². The third-order valence-corrected chi connectivity index (χ3v) is 5.78. The molecule has 0 aliphatic carbocycles. The normalized spacial score (nSPS) is 14.9. The number of hydrogen-bond donors (Lipinski definition) is 4. The summed E-state index contributed by atoms with van der Waals surface area (Å²) in [7, 11) is 0. The van der Waals surface area contributed by atoms with Gasteiger partial charge in [0, 0.05) is 17.4 Å². The number of aliphatic hydroxyl groups is 1. The van der Waals surface area contributed by atoms with Crippen molar-refractivity contribution in [3.8, 4) is 0 Å². The fourth-order valence-corrected chi connectivity index (χ4v) is 3.80. The Hall–Kier alpha value is -1.05. The number of carboxylic acid groups (broad SMARTS) is 2. The van der Waals surface area contributed by atoms with Crippen LogP contribution in [0.25, 0.3) is 0 Å². The molecule has 0 aromatic carbocycles. The summed E-state index contributed by atoms with van der Waals surface area (Å²) < 4.78 is 0. The van der Waals surface area contributed by atoms with Gasteiger partial charge in [0.15, 0.2) is 0 Å². The second-order valence-corrected chi connectivity index (χ2v) is 8.15. The largest absolute Gasteiger partial charge is 0.481 e. The highest BCUT2D eigenvalue weighted by Gasteiger charge is 2.21. The lowest BCUT2D eigenvalue weighted by molar-refractivity contribution is -0.138. The third-order valence-electron chi connectivity index (χ3n) is 4.37. The van der Waals surface area contributed by atoms with Crippen molar-refractivity contribution < 1.29 is 24.9 Å². The number of hydrogen-bond acceptors (Lipinski definition) is 5. The molecular formula is C20H37NO5S. The van der Waals surface area contributed by atoms with E-state index in [4.69, 9.17) is 15.9 Å². The van der Waals surface area contributed by atoms with Crippen LogP contribution >= 0.6 is 11.8 Å². The molecule has 6 nitrogen and oxygen atoms in total. The molecule has 0 aromatic heterocycles. The third kappa shape index (κ3) is 15.7. The molecule has 0 aliphatic heterocycles. The maximum atomic E-state index is 10.8. The van der Waals surface area contributed by atoms with Gasteiger partial charge in [-0.2, -0.15) is 0 Å². The Morgan fingerprint density at radius 2 is 1.63 bits per heavy atom. The molecule has 0 aliphatic rings. The highest BCUT2D eigenvalue weighted by molar-refractivity contribution is 8.00. The van der Waals surface area contributed by atoms with Crippen molar-refractivity contribution in [3.63, 3.8) is 0 Å². The van der Waals surface area contributed by atoms with Gasteiger partial charge < -0.3 is 21.1 Å². The van der Waals surface area contributed by atoms with Gasteiger partial charge in [-0.05, 0) is 19.3 Å². The number of aliphatic hydroxyl groups excluding tert-OH is 1. The zero-order chi connectivity index (χ0) is 20.5. The lowest BCUT2D eigenvalue weighted by atomic mass is 10.1. The number of carboxylic acids is 2. The summed E-state index contributed by atoms with van der Waals surface area (Å²) >= 11 is 1.26. The number of nitrogens with two attached hydrogens (primary N) is 1. The van der Waals surface area contributed by atoms with Crippen molar-refractivity contribution in [1.29, 1.82) is 0 Å². The Morgan fingerprint density at radius 1 is 1.04 bits per heavy atom. The minimum absolute atomic E-state index is 0.116. The monoisotopic (exact) mass is 403 g/mol. The standard InChI is InChI=1S/C20H37NO5S/c1-2-3-4-5-6-7-8-9-10-11-12-18(17(22)13-14-19(23)24)27-15-16(21)20(25)26/h11-12,16-18,22H,2-10,13-15,21H2,1H3,(H,23,24)(H,25,26)/b12-11-. The Balaban J connectivity index is 4.21. The van der Waals surface area contributed by atoms with Gasteiger partial charge in [0.05, 0.1) is 6.10 Å². The van der Waals surface area contributed by atoms with Gasteiger partial charge in [0.1, 0.15) is 6.04 Å². The van der Waals surface area contributed by atoms with Gasteiger partial charge in [-0.1, -0.05) is 64.0 Å². The van der Waals surface area contributed by atoms with E-state index in [1.807, 2.05) is 12.2 Å². The van der Waals surface area contributed by atoms with Crippen LogP contribution in [0.3, 0.4) is 0 Å². The van der Waals surface area contributed by atoms with Gasteiger partial charge in [-0.3, -0.25) is 9.59 Å². The van der Waals surface area contributed by atoms with E-state index in [0.29, 0.717) is 0 Å². The van der Waals surface area contributed by atoms with E-state index < -0.39 is 24.1 Å². The summed E-state index contributed by atoms with van der Waals surface area (Å²) in [4.78, 5) is 21.5. The summed E-state index contributed by atoms with van der Waals surface area (Å²) in [5, 5.41) is 27.5. The van der Waals surface area contributed by atoms with E-state index in [9.17, 15) is 14.7 Å². The van der Waals surface area contributed by atoms with Crippen LogP contribution < -0.4 is 5.73 Å². The van der Waals surface area contributed by atoms with Crippen molar-refractivity contribution in [2.24, 2.45) is 5.73 Å². The Morgan fingerprint density at radius 3 is 2.19 bits per heavy atom. The van der Waals surface area contributed by atoms with E-state index in [1.165, 1.54) is 56.7 Å². The van der Waals surface area contributed by atoms with E-state index in [2.05, 4.69) is 6.92 Å². The summed E-state index contributed by atoms with van der Waals surface area (Å²) in [6.07, 6.45) is 14.0. The molecular weight excluding hydrogens is 366 g/mol. The Labute approximate surface area is 167 Å². The molecule has 0 saturated heterocycles. The zero-order valence-corrected chi connectivity index (χ0v) is 17.3. The molecule has 0 fully saturated rings. The van der Waals surface area contributed by atoms with Crippen molar-refractivity contribution >= 4 is 23.7 Å². The molecule has 158 valence electrons. The topological polar surface area (TPSA) is 121 Å². The first-order valence-electron chi connectivity index (χ1n) is 10.0. The van der Waals surface area contributed by atoms with Crippen molar-refractivity contribution in [2.45, 2.75) is 94.9 Å². The SMILES string of the molecule is CCCCCCCCCC/C=C\C(SCC(N)C(=O)O)C(O)CCC(=O)O. The number of thioether (sulfide) groups is 1. The fourth-order valence-electron chi connectivity index (χ4n) is 2.64. The fraction of sp³-hybridized carbons (Fsp3) is 0.800. The van der Waals surface area contributed by atoms with Crippen molar-refractivity contribution in [1.82, 2.24) is 0 Å². The van der Waals surface area contributed by atoms with Gasteiger partial charge in [0.2, 0.25) is 0 Å². The molecule has 3 unspecified atom stereocenters. The zero-order valence-electron chi connectivity index (χ0n) is 16.5. The maximum Gasteiger partial charge on any atom is 0.321 e. The average molecular weight is 404 g/mol. The second kappa shape index (κ2) is 17.1. The van der Waals surface area contributed by atoms with Crippen LogP contribution in [0.1, 0.15) is 77.6 Å². The summed E-state index contributed by atoms with van der Waals surface area (Å²) in [6.45, 7) is 2.21. The van der Waals surface area contributed by atoms with Gasteiger partial charge in [-0.15, -0.1) is 11.8 Å². The molecule has 3 atom stereocenters. The number of carbonyl (C=O) groups is 2. The van der Waals surface area contributed by atoms with Crippen LogP contribution in [0.4, 0.5) is 0 Å². The number of rotatable bonds is 18. The van der Waals surface area contributed by atoms with E-state index in [0.717, 1.165) is 12.8 Å². The highest BCUT2D eigenvalue weighted by Crippen LogP contribution is 2.21. The molecule has 0 spiro atoms. The van der Waals surface area contributed by atoms with Gasteiger partial charge in [-0.25, -0.2) is 0 Å². The first-order valence-corrected chi connectivity index (χ1v) is 11.1. The lowest BCUT2D eigenvalue weighted by Crippen LogP contribution is -2.34. The van der Waals surface area contributed by atoms with Gasteiger partial charge >= 0.3 is 11.9 Å². The molecule has 5 N–H and O–H groups in total. The molecule has 0 radical (unpaired) electrons. The van der Waals surface area contributed by atoms with E-state index in [-0.39, 0.29) is 23.8 Å². The van der Waals surface area contributed by atoms with Crippen molar-refractivity contribution in [2.75, 3.05) is 5.75 Å². The molecule has 27 heavy (non-hydrogen) atoms.